The molecule has 2 heteroatoms. The summed E-state index contributed by atoms with van der Waals surface area (Å²) in [5.74, 6) is -0.673. The van der Waals surface area contributed by atoms with Crippen LogP contribution in [0.4, 0.5) is 0 Å². The maximum atomic E-state index is 10.7. The number of carboxylic acids is 1. The smallest absolute Gasteiger partial charge is 0.309 e. The predicted molar refractivity (Wildman–Crippen MR) is 45.4 cm³/mol. The number of carbonyl (C=O) groups is 1. The molecule has 0 rings (SSSR count). The van der Waals surface area contributed by atoms with Crippen LogP contribution in [-0.4, -0.2) is 11.1 Å². The monoisotopic (exact) mass is 156 g/mol. The molecule has 0 aromatic rings. The van der Waals surface area contributed by atoms with Gasteiger partial charge in [0.25, 0.3) is 0 Å². The van der Waals surface area contributed by atoms with E-state index >= 15 is 0 Å². The summed E-state index contributed by atoms with van der Waals surface area (Å²) in [6.07, 6.45) is 3.80. The van der Waals surface area contributed by atoms with Gasteiger partial charge in [0.1, 0.15) is 0 Å². The first-order valence-corrected chi connectivity index (χ1v) is 3.79. The van der Waals surface area contributed by atoms with E-state index in [0.717, 1.165) is 0 Å². The second kappa shape index (κ2) is 3.56. The number of allylic oxidation sites excluding steroid dienone is 2. The van der Waals surface area contributed by atoms with Gasteiger partial charge in [0.05, 0.1) is 5.41 Å². The van der Waals surface area contributed by atoms with Crippen molar-refractivity contribution in [1.29, 1.82) is 0 Å². The van der Waals surface area contributed by atoms with Gasteiger partial charge in [-0.25, -0.2) is 0 Å². The fourth-order valence-electron chi connectivity index (χ4n) is 0.724. The van der Waals surface area contributed by atoms with Gasteiger partial charge in [0.15, 0.2) is 0 Å². The van der Waals surface area contributed by atoms with Crippen LogP contribution in [0.5, 0.6) is 0 Å². The summed E-state index contributed by atoms with van der Waals surface area (Å²) in [4.78, 5) is 10.7. The molecule has 64 valence electrons. The van der Waals surface area contributed by atoms with Crippen molar-refractivity contribution < 1.29 is 9.90 Å². The maximum absolute atomic E-state index is 10.7. The first-order valence-electron chi connectivity index (χ1n) is 3.79. The van der Waals surface area contributed by atoms with E-state index in [-0.39, 0.29) is 5.92 Å². The predicted octanol–water partition coefficient (Wildman–Crippen LogP) is 2.31. The summed E-state index contributed by atoms with van der Waals surface area (Å²) >= 11 is 0. The molecular weight excluding hydrogens is 140 g/mol. The molecule has 0 aromatic carbocycles. The zero-order valence-electron chi connectivity index (χ0n) is 7.59. The largest absolute Gasteiger partial charge is 0.481 e. The number of carboxylic acid groups (broad SMARTS) is 1. The third-order valence-corrected chi connectivity index (χ3v) is 2.17. The Kier molecular flexibility index (Phi) is 3.30. The van der Waals surface area contributed by atoms with Gasteiger partial charge in [0.2, 0.25) is 0 Å². The molecule has 0 radical (unpaired) electrons. The van der Waals surface area contributed by atoms with Gasteiger partial charge in [-0.15, -0.1) is 0 Å². The Hall–Kier alpha value is -0.790. The molecular formula is C9H16O2. The fraction of sp³-hybridized carbons (Fsp3) is 0.667. The zero-order valence-corrected chi connectivity index (χ0v) is 7.59. The van der Waals surface area contributed by atoms with Crippen molar-refractivity contribution in [3.8, 4) is 0 Å². The Balaban J connectivity index is 4.41. The van der Waals surface area contributed by atoms with Crippen LogP contribution in [0.3, 0.4) is 0 Å². The molecule has 0 aromatic heterocycles. The van der Waals surface area contributed by atoms with Crippen molar-refractivity contribution in [2.75, 3.05) is 0 Å². The molecule has 0 saturated carbocycles. The van der Waals surface area contributed by atoms with Crippen LogP contribution in [-0.2, 0) is 4.79 Å². The molecule has 0 bridgehead atoms. The quantitative estimate of drug-likeness (QED) is 0.636. The lowest BCUT2D eigenvalue weighted by Crippen LogP contribution is -2.29. The Morgan fingerprint density at radius 1 is 1.55 bits per heavy atom. The second-order valence-corrected chi connectivity index (χ2v) is 3.34. The van der Waals surface area contributed by atoms with Crippen molar-refractivity contribution in [2.24, 2.45) is 11.3 Å². The highest BCUT2D eigenvalue weighted by Crippen LogP contribution is 2.27. The van der Waals surface area contributed by atoms with E-state index in [4.69, 9.17) is 5.11 Å². The molecule has 0 amide bonds. The van der Waals surface area contributed by atoms with Crippen LogP contribution in [0.2, 0.25) is 0 Å². The zero-order chi connectivity index (χ0) is 9.07. The normalized spacial score (nSPS) is 15.3. The maximum Gasteiger partial charge on any atom is 0.309 e. The Bertz CT molecular complexity index is 168. The number of aliphatic carboxylic acids is 1. The fourth-order valence-corrected chi connectivity index (χ4v) is 0.724. The van der Waals surface area contributed by atoms with E-state index in [9.17, 15) is 4.79 Å². The standard InChI is InChI=1S/C9H16O2/c1-5-6-7(2)9(3,4)8(10)11/h5-7H,1-4H3,(H,10,11). The molecule has 0 aliphatic rings. The number of hydrogen-bond donors (Lipinski definition) is 1. The Labute approximate surface area is 67.9 Å². The van der Waals surface area contributed by atoms with Crippen LogP contribution < -0.4 is 0 Å². The first kappa shape index (κ1) is 10.2. The minimum absolute atomic E-state index is 0.0741. The molecule has 0 aliphatic heterocycles. The highest BCUT2D eigenvalue weighted by atomic mass is 16.4. The van der Waals surface area contributed by atoms with Gasteiger partial charge in [-0.1, -0.05) is 19.1 Å². The third kappa shape index (κ3) is 2.37. The summed E-state index contributed by atoms with van der Waals surface area (Å²) in [6.45, 7) is 7.28. The van der Waals surface area contributed by atoms with Crippen LogP contribution in [0.15, 0.2) is 12.2 Å². The van der Waals surface area contributed by atoms with E-state index in [0.29, 0.717) is 0 Å². The van der Waals surface area contributed by atoms with E-state index in [1.165, 1.54) is 0 Å². The van der Waals surface area contributed by atoms with Crippen molar-refractivity contribution in [3.63, 3.8) is 0 Å². The SMILES string of the molecule is CC=CC(C)C(C)(C)C(=O)O. The van der Waals surface area contributed by atoms with Gasteiger partial charge >= 0.3 is 5.97 Å². The van der Waals surface area contributed by atoms with Crippen LogP contribution in [0.1, 0.15) is 27.7 Å². The van der Waals surface area contributed by atoms with E-state index in [1.807, 2.05) is 26.0 Å². The minimum Gasteiger partial charge on any atom is -0.481 e. The van der Waals surface area contributed by atoms with Gasteiger partial charge in [-0.05, 0) is 26.7 Å². The minimum atomic E-state index is -0.747. The van der Waals surface area contributed by atoms with Crippen LogP contribution in [0.25, 0.3) is 0 Å². The Morgan fingerprint density at radius 2 is 2.00 bits per heavy atom. The van der Waals surface area contributed by atoms with Gasteiger partial charge in [-0.2, -0.15) is 0 Å². The summed E-state index contributed by atoms with van der Waals surface area (Å²) in [7, 11) is 0. The molecule has 2 nitrogen and oxygen atoms in total. The number of rotatable bonds is 3. The van der Waals surface area contributed by atoms with E-state index < -0.39 is 11.4 Å². The molecule has 1 N–H and O–H groups in total. The lowest BCUT2D eigenvalue weighted by atomic mass is 9.80. The van der Waals surface area contributed by atoms with Crippen molar-refractivity contribution in [3.05, 3.63) is 12.2 Å². The summed E-state index contributed by atoms with van der Waals surface area (Å²) in [5, 5.41) is 8.80. The van der Waals surface area contributed by atoms with Gasteiger partial charge < -0.3 is 5.11 Å². The summed E-state index contributed by atoms with van der Waals surface area (Å²) < 4.78 is 0. The average Bonchev–Trinajstić information content (AvgIpc) is 1.88. The molecule has 1 unspecified atom stereocenters. The lowest BCUT2D eigenvalue weighted by molar-refractivity contribution is -0.148. The van der Waals surface area contributed by atoms with Crippen LogP contribution >= 0.6 is 0 Å². The van der Waals surface area contributed by atoms with E-state index in [2.05, 4.69) is 0 Å². The van der Waals surface area contributed by atoms with Crippen LogP contribution in [0, 0.1) is 11.3 Å². The Morgan fingerprint density at radius 3 is 2.27 bits per heavy atom. The summed E-state index contributed by atoms with van der Waals surface area (Å²) in [6, 6.07) is 0. The highest BCUT2D eigenvalue weighted by Gasteiger charge is 2.31. The van der Waals surface area contributed by atoms with Gasteiger partial charge in [0, 0.05) is 0 Å². The topological polar surface area (TPSA) is 37.3 Å². The first-order chi connectivity index (χ1) is 4.92. The molecule has 1 atom stereocenters. The molecule has 0 saturated heterocycles. The van der Waals surface area contributed by atoms with Crippen molar-refractivity contribution in [1.82, 2.24) is 0 Å². The second-order valence-electron chi connectivity index (χ2n) is 3.34. The molecule has 0 spiro atoms. The van der Waals surface area contributed by atoms with Crippen molar-refractivity contribution in [2.45, 2.75) is 27.7 Å². The molecule has 0 fully saturated rings. The number of hydrogen-bond acceptors (Lipinski definition) is 1. The van der Waals surface area contributed by atoms with Crippen molar-refractivity contribution >= 4 is 5.97 Å². The third-order valence-electron chi connectivity index (χ3n) is 2.17. The summed E-state index contributed by atoms with van der Waals surface area (Å²) in [5.41, 5.74) is -0.660. The molecule has 0 aliphatic carbocycles. The highest BCUT2D eigenvalue weighted by molar-refractivity contribution is 5.74. The average molecular weight is 156 g/mol. The van der Waals surface area contributed by atoms with Gasteiger partial charge in [-0.3, -0.25) is 4.79 Å². The van der Waals surface area contributed by atoms with E-state index in [1.54, 1.807) is 13.8 Å². The molecule has 0 heterocycles. The lowest BCUT2D eigenvalue weighted by Gasteiger charge is -2.24. The molecule has 11 heavy (non-hydrogen) atoms.